The Morgan fingerprint density at radius 2 is 1.52 bits per heavy atom. The van der Waals surface area contributed by atoms with Crippen LogP contribution in [0.5, 0.6) is 17.2 Å². The highest BCUT2D eigenvalue weighted by Crippen LogP contribution is 2.40. The van der Waals surface area contributed by atoms with E-state index in [0.717, 1.165) is 35.0 Å². The summed E-state index contributed by atoms with van der Waals surface area (Å²) in [5.74, 6) is 2.35. The number of anilines is 1. The van der Waals surface area contributed by atoms with Gasteiger partial charge in [0.05, 0.1) is 18.3 Å². The maximum Gasteiger partial charge on any atom is 0.127 e. The topological polar surface area (TPSA) is 34.1 Å². The SMILES string of the molecule is CCN1c2cc(C)c(C=Nc3ccc(Oc4ccc(OC)cc4)cc3)cc2C(C)=CC1(C)C. The van der Waals surface area contributed by atoms with Crippen LogP contribution in [0, 0.1) is 6.92 Å². The molecular formula is C29H32N2O2. The maximum atomic E-state index is 5.91. The zero-order chi connectivity index (χ0) is 23.6. The normalized spacial score (nSPS) is 14.7. The minimum absolute atomic E-state index is 0.0174. The fraction of sp³-hybridized carbons (Fsp3) is 0.276. The first-order chi connectivity index (χ1) is 15.8. The lowest BCUT2D eigenvalue weighted by Gasteiger charge is -2.43. The fourth-order valence-corrected chi connectivity index (χ4v) is 4.49. The predicted molar refractivity (Wildman–Crippen MR) is 139 cm³/mol. The summed E-state index contributed by atoms with van der Waals surface area (Å²) in [4.78, 5) is 7.18. The highest BCUT2D eigenvalue weighted by atomic mass is 16.5. The van der Waals surface area contributed by atoms with Crippen molar-refractivity contribution in [2.75, 3.05) is 18.6 Å². The summed E-state index contributed by atoms with van der Waals surface area (Å²) < 4.78 is 11.1. The molecule has 4 nitrogen and oxygen atoms in total. The Labute approximate surface area is 197 Å². The monoisotopic (exact) mass is 440 g/mol. The molecule has 1 aliphatic rings. The zero-order valence-electron chi connectivity index (χ0n) is 20.3. The number of hydrogen-bond donors (Lipinski definition) is 0. The molecule has 0 aromatic heterocycles. The molecule has 0 fully saturated rings. The zero-order valence-corrected chi connectivity index (χ0v) is 20.3. The van der Waals surface area contributed by atoms with E-state index in [-0.39, 0.29) is 5.54 Å². The molecule has 170 valence electrons. The van der Waals surface area contributed by atoms with Gasteiger partial charge in [-0.25, -0.2) is 0 Å². The molecule has 3 aromatic rings. The van der Waals surface area contributed by atoms with Gasteiger partial charge in [-0.15, -0.1) is 0 Å². The van der Waals surface area contributed by atoms with Gasteiger partial charge in [0, 0.05) is 24.0 Å². The van der Waals surface area contributed by atoms with Crippen molar-refractivity contribution in [2.45, 2.75) is 40.2 Å². The lowest BCUT2D eigenvalue weighted by atomic mass is 9.87. The average molecular weight is 441 g/mol. The maximum absolute atomic E-state index is 5.91. The molecule has 4 heteroatoms. The van der Waals surface area contributed by atoms with Gasteiger partial charge in [0.1, 0.15) is 17.2 Å². The van der Waals surface area contributed by atoms with Crippen molar-refractivity contribution in [2.24, 2.45) is 4.99 Å². The van der Waals surface area contributed by atoms with Gasteiger partial charge in [0.15, 0.2) is 0 Å². The lowest BCUT2D eigenvalue weighted by Crippen LogP contribution is -2.45. The average Bonchev–Trinajstić information content (AvgIpc) is 2.79. The minimum Gasteiger partial charge on any atom is -0.497 e. The van der Waals surface area contributed by atoms with Crippen LogP contribution in [0.2, 0.25) is 0 Å². The van der Waals surface area contributed by atoms with E-state index in [1.54, 1.807) is 7.11 Å². The third kappa shape index (κ3) is 4.80. The van der Waals surface area contributed by atoms with Gasteiger partial charge in [0.25, 0.3) is 0 Å². The van der Waals surface area contributed by atoms with Crippen molar-refractivity contribution in [3.8, 4) is 17.2 Å². The Hall–Kier alpha value is -3.53. The molecule has 3 aromatic carbocycles. The standard InChI is InChI=1S/C29H32N2O2/c1-7-31-28-16-20(2)22(17-27(28)21(3)18-29(31,4)5)19-30-23-8-10-25(11-9-23)33-26-14-12-24(32-6)13-15-26/h8-19H,7H2,1-6H3. The number of methoxy groups -OCH3 is 1. The van der Waals surface area contributed by atoms with Crippen molar-refractivity contribution in [1.82, 2.24) is 0 Å². The van der Waals surface area contributed by atoms with Crippen LogP contribution in [-0.2, 0) is 0 Å². The van der Waals surface area contributed by atoms with Crippen LogP contribution in [-0.4, -0.2) is 25.4 Å². The summed E-state index contributed by atoms with van der Waals surface area (Å²) in [6.45, 7) is 12.1. The number of aliphatic imine (C=N–C) groups is 1. The highest BCUT2D eigenvalue weighted by molar-refractivity contribution is 5.90. The number of allylic oxidation sites excluding steroid dienone is 1. The van der Waals surface area contributed by atoms with Crippen LogP contribution < -0.4 is 14.4 Å². The molecule has 0 amide bonds. The largest absolute Gasteiger partial charge is 0.497 e. The van der Waals surface area contributed by atoms with Crippen LogP contribution in [0.15, 0.2) is 71.7 Å². The van der Waals surface area contributed by atoms with E-state index in [2.05, 4.69) is 57.7 Å². The van der Waals surface area contributed by atoms with Gasteiger partial charge in [-0.3, -0.25) is 4.99 Å². The summed E-state index contributed by atoms with van der Waals surface area (Å²) >= 11 is 0. The second-order valence-corrected chi connectivity index (χ2v) is 8.98. The molecule has 0 spiro atoms. The third-order valence-corrected chi connectivity index (χ3v) is 6.17. The molecule has 0 bridgehead atoms. The first-order valence-corrected chi connectivity index (χ1v) is 11.4. The van der Waals surface area contributed by atoms with Crippen LogP contribution in [0.4, 0.5) is 11.4 Å². The molecule has 0 atom stereocenters. The number of ether oxygens (including phenoxy) is 2. The Kier molecular flexibility index (Phi) is 6.28. The smallest absolute Gasteiger partial charge is 0.127 e. The molecule has 0 unspecified atom stereocenters. The quantitative estimate of drug-likeness (QED) is 0.371. The van der Waals surface area contributed by atoms with E-state index < -0.39 is 0 Å². The summed E-state index contributed by atoms with van der Waals surface area (Å²) in [5.41, 5.74) is 7.16. The van der Waals surface area contributed by atoms with Gasteiger partial charge in [0.2, 0.25) is 0 Å². The molecule has 1 aliphatic heterocycles. The van der Waals surface area contributed by atoms with Gasteiger partial charge < -0.3 is 14.4 Å². The molecule has 33 heavy (non-hydrogen) atoms. The van der Waals surface area contributed by atoms with Crippen LogP contribution >= 0.6 is 0 Å². The number of likely N-dealkylation sites (N-methyl/N-ethyl adjacent to an activating group) is 1. The van der Waals surface area contributed by atoms with Gasteiger partial charge in [-0.2, -0.15) is 0 Å². The molecule has 0 radical (unpaired) electrons. The molecule has 0 saturated heterocycles. The minimum atomic E-state index is 0.0174. The molecule has 0 N–H and O–H groups in total. The summed E-state index contributed by atoms with van der Waals surface area (Å²) in [5, 5.41) is 0. The first-order valence-electron chi connectivity index (χ1n) is 11.4. The Morgan fingerprint density at radius 3 is 2.12 bits per heavy atom. The molecule has 4 rings (SSSR count). The summed E-state index contributed by atoms with van der Waals surface area (Å²) in [6.07, 6.45) is 4.31. The fourth-order valence-electron chi connectivity index (χ4n) is 4.49. The van der Waals surface area contributed by atoms with Crippen molar-refractivity contribution < 1.29 is 9.47 Å². The van der Waals surface area contributed by atoms with E-state index in [4.69, 9.17) is 14.5 Å². The Balaban J connectivity index is 1.53. The Morgan fingerprint density at radius 1 is 0.909 bits per heavy atom. The number of fused-ring (bicyclic) bond motifs is 1. The van der Waals surface area contributed by atoms with Crippen LogP contribution in [0.25, 0.3) is 5.57 Å². The number of rotatable bonds is 6. The third-order valence-electron chi connectivity index (χ3n) is 6.17. The van der Waals surface area contributed by atoms with Crippen molar-refractivity contribution in [3.05, 3.63) is 83.4 Å². The number of aryl methyl sites for hydroxylation is 1. The van der Waals surface area contributed by atoms with Crippen LogP contribution in [0.3, 0.4) is 0 Å². The summed E-state index contributed by atoms with van der Waals surface area (Å²) in [7, 11) is 1.65. The van der Waals surface area contributed by atoms with E-state index >= 15 is 0 Å². The predicted octanol–water partition coefficient (Wildman–Crippen LogP) is 7.57. The Bertz CT molecular complexity index is 1190. The van der Waals surface area contributed by atoms with Crippen molar-refractivity contribution in [3.63, 3.8) is 0 Å². The van der Waals surface area contributed by atoms with E-state index in [0.29, 0.717) is 0 Å². The van der Waals surface area contributed by atoms with E-state index in [9.17, 15) is 0 Å². The second-order valence-electron chi connectivity index (χ2n) is 8.98. The molecular weight excluding hydrogens is 408 g/mol. The molecule has 1 heterocycles. The highest BCUT2D eigenvalue weighted by Gasteiger charge is 2.30. The van der Waals surface area contributed by atoms with Crippen molar-refractivity contribution in [1.29, 1.82) is 0 Å². The summed E-state index contributed by atoms with van der Waals surface area (Å²) in [6, 6.07) is 19.9. The van der Waals surface area contributed by atoms with Crippen molar-refractivity contribution >= 4 is 23.2 Å². The van der Waals surface area contributed by atoms with Crippen LogP contribution in [0.1, 0.15) is 44.4 Å². The van der Waals surface area contributed by atoms with Gasteiger partial charge >= 0.3 is 0 Å². The number of hydrogen-bond acceptors (Lipinski definition) is 4. The first kappa shape index (κ1) is 22.7. The molecule has 0 saturated carbocycles. The van der Waals surface area contributed by atoms with E-state index in [1.165, 1.54) is 22.4 Å². The second kappa shape index (κ2) is 9.14. The number of benzene rings is 3. The number of nitrogens with zero attached hydrogens (tertiary/aromatic N) is 2. The lowest BCUT2D eigenvalue weighted by molar-refractivity contribution is 0.413. The van der Waals surface area contributed by atoms with Gasteiger partial charge in [-0.1, -0.05) is 6.08 Å². The molecule has 0 aliphatic carbocycles. The van der Waals surface area contributed by atoms with Gasteiger partial charge in [-0.05, 0) is 112 Å². The van der Waals surface area contributed by atoms with E-state index in [1.807, 2.05) is 54.7 Å².